The summed E-state index contributed by atoms with van der Waals surface area (Å²) < 4.78 is 43.3. The van der Waals surface area contributed by atoms with Crippen LogP contribution in [0.15, 0.2) is 29.3 Å². The van der Waals surface area contributed by atoms with E-state index in [2.05, 4.69) is 22.5 Å². The van der Waals surface area contributed by atoms with Crippen LogP contribution in [0.1, 0.15) is 31.4 Å². The Morgan fingerprint density at radius 2 is 1.97 bits per heavy atom. The standard InChI is InChI=1S/C20H29F3N4O.HI/c1-3-24-18(25-12-19(2)13-28-14-19)26-17-8-9-27(11-17)10-15-4-6-16(7-5-15)20(21,22)23;/h4-7,17H,3,8-14H2,1-2H3,(H2,24,25,26);1H. The number of hydrogen-bond donors (Lipinski definition) is 2. The van der Waals surface area contributed by atoms with Crippen molar-refractivity contribution < 1.29 is 17.9 Å². The third kappa shape index (κ3) is 6.99. The van der Waals surface area contributed by atoms with Crippen molar-refractivity contribution in [2.75, 3.05) is 39.4 Å². The number of guanidine groups is 1. The van der Waals surface area contributed by atoms with E-state index in [0.717, 1.165) is 69.5 Å². The second-order valence-corrected chi connectivity index (χ2v) is 8.06. The molecule has 1 aromatic carbocycles. The Balaban J connectivity index is 0.00000300. The first-order valence-electron chi connectivity index (χ1n) is 9.78. The third-order valence-corrected chi connectivity index (χ3v) is 5.16. The van der Waals surface area contributed by atoms with Gasteiger partial charge in [-0.05, 0) is 31.0 Å². The van der Waals surface area contributed by atoms with Gasteiger partial charge < -0.3 is 15.4 Å². The summed E-state index contributed by atoms with van der Waals surface area (Å²) >= 11 is 0. The fourth-order valence-corrected chi connectivity index (χ4v) is 3.48. The molecule has 29 heavy (non-hydrogen) atoms. The molecule has 0 aliphatic carbocycles. The lowest BCUT2D eigenvalue weighted by Gasteiger charge is -2.36. The Bertz CT molecular complexity index is 677. The van der Waals surface area contributed by atoms with E-state index in [0.29, 0.717) is 6.54 Å². The Labute approximate surface area is 187 Å². The van der Waals surface area contributed by atoms with Gasteiger partial charge in [0.05, 0.1) is 25.3 Å². The first kappa shape index (κ1) is 24.2. The smallest absolute Gasteiger partial charge is 0.380 e. The lowest BCUT2D eigenvalue weighted by molar-refractivity contribution is -0.137. The monoisotopic (exact) mass is 526 g/mol. The largest absolute Gasteiger partial charge is 0.416 e. The molecule has 0 amide bonds. The van der Waals surface area contributed by atoms with Crippen LogP contribution in [0, 0.1) is 5.41 Å². The predicted octanol–water partition coefficient (Wildman–Crippen LogP) is 3.49. The zero-order chi connectivity index (χ0) is 20.2. The van der Waals surface area contributed by atoms with Crippen molar-refractivity contribution >= 4 is 29.9 Å². The predicted molar refractivity (Wildman–Crippen MR) is 119 cm³/mol. The molecule has 0 spiro atoms. The molecule has 2 aliphatic rings. The van der Waals surface area contributed by atoms with Gasteiger partial charge in [0.25, 0.3) is 0 Å². The SMILES string of the molecule is CCNC(=NCC1(C)COC1)NC1CCN(Cc2ccc(C(F)(F)F)cc2)C1.I. The van der Waals surface area contributed by atoms with Crippen molar-refractivity contribution in [2.24, 2.45) is 10.4 Å². The van der Waals surface area contributed by atoms with Gasteiger partial charge in [-0.25, -0.2) is 0 Å². The van der Waals surface area contributed by atoms with Gasteiger partial charge in [0.2, 0.25) is 0 Å². The van der Waals surface area contributed by atoms with Crippen LogP contribution < -0.4 is 10.6 Å². The van der Waals surface area contributed by atoms with E-state index in [1.165, 1.54) is 0 Å². The van der Waals surface area contributed by atoms with E-state index < -0.39 is 11.7 Å². The summed E-state index contributed by atoms with van der Waals surface area (Å²) in [5.74, 6) is 0.817. The summed E-state index contributed by atoms with van der Waals surface area (Å²) in [5, 5.41) is 6.78. The molecule has 0 bridgehead atoms. The number of nitrogens with one attached hydrogen (secondary N) is 2. The fraction of sp³-hybridized carbons (Fsp3) is 0.650. The highest BCUT2D eigenvalue weighted by Crippen LogP contribution is 2.29. The lowest BCUT2D eigenvalue weighted by Crippen LogP contribution is -2.47. The maximum atomic E-state index is 12.7. The average Bonchev–Trinajstić information content (AvgIpc) is 3.05. The number of likely N-dealkylation sites (tertiary alicyclic amines) is 1. The number of halogens is 4. The first-order valence-corrected chi connectivity index (χ1v) is 9.78. The molecule has 1 aromatic rings. The average molecular weight is 526 g/mol. The summed E-state index contributed by atoms with van der Waals surface area (Å²) in [4.78, 5) is 6.96. The topological polar surface area (TPSA) is 48.9 Å². The third-order valence-electron chi connectivity index (χ3n) is 5.16. The van der Waals surface area contributed by atoms with Crippen LogP contribution in [0.25, 0.3) is 0 Å². The molecular weight excluding hydrogens is 496 g/mol. The van der Waals surface area contributed by atoms with E-state index in [1.54, 1.807) is 12.1 Å². The number of ether oxygens (including phenoxy) is 1. The summed E-state index contributed by atoms with van der Waals surface area (Å²) in [6.45, 7) is 9.63. The van der Waals surface area contributed by atoms with Crippen molar-refractivity contribution in [1.82, 2.24) is 15.5 Å². The minimum absolute atomic E-state index is 0. The number of rotatable bonds is 6. The van der Waals surface area contributed by atoms with Gasteiger partial charge in [0.15, 0.2) is 5.96 Å². The number of benzene rings is 1. The molecule has 0 radical (unpaired) electrons. The van der Waals surface area contributed by atoms with Crippen molar-refractivity contribution in [2.45, 2.75) is 39.0 Å². The highest BCUT2D eigenvalue weighted by molar-refractivity contribution is 14.0. The molecule has 0 aromatic heterocycles. The summed E-state index contributed by atoms with van der Waals surface area (Å²) in [7, 11) is 0. The van der Waals surface area contributed by atoms with Crippen molar-refractivity contribution in [3.8, 4) is 0 Å². The van der Waals surface area contributed by atoms with E-state index in [1.807, 2.05) is 6.92 Å². The number of nitrogens with zero attached hydrogens (tertiary/aromatic N) is 2. The lowest BCUT2D eigenvalue weighted by atomic mass is 9.89. The zero-order valence-corrected chi connectivity index (χ0v) is 19.2. The maximum absolute atomic E-state index is 12.7. The van der Waals surface area contributed by atoms with E-state index >= 15 is 0 Å². The molecule has 0 saturated carbocycles. The van der Waals surface area contributed by atoms with Crippen molar-refractivity contribution in [3.05, 3.63) is 35.4 Å². The highest BCUT2D eigenvalue weighted by atomic mass is 127. The normalized spacial score (nSPS) is 22.0. The molecule has 3 rings (SSSR count). The van der Waals surface area contributed by atoms with Crippen LogP contribution in [-0.2, 0) is 17.5 Å². The second kappa shape index (κ2) is 10.3. The van der Waals surface area contributed by atoms with Gasteiger partial charge in [-0.2, -0.15) is 13.2 Å². The van der Waals surface area contributed by atoms with Crippen LogP contribution in [0.2, 0.25) is 0 Å². The number of hydrogen-bond acceptors (Lipinski definition) is 3. The number of alkyl halides is 3. The van der Waals surface area contributed by atoms with Crippen LogP contribution in [0.3, 0.4) is 0 Å². The minimum Gasteiger partial charge on any atom is -0.380 e. The van der Waals surface area contributed by atoms with E-state index in [4.69, 9.17) is 9.73 Å². The van der Waals surface area contributed by atoms with Gasteiger partial charge in [-0.3, -0.25) is 9.89 Å². The highest BCUT2D eigenvalue weighted by Gasteiger charge is 2.33. The zero-order valence-electron chi connectivity index (χ0n) is 16.9. The Hall–Kier alpha value is -1.07. The van der Waals surface area contributed by atoms with Gasteiger partial charge in [-0.1, -0.05) is 19.1 Å². The minimum atomic E-state index is -4.29. The van der Waals surface area contributed by atoms with Gasteiger partial charge in [0.1, 0.15) is 0 Å². The Kier molecular flexibility index (Phi) is 8.59. The summed E-state index contributed by atoms with van der Waals surface area (Å²) in [6, 6.07) is 5.72. The van der Waals surface area contributed by atoms with E-state index in [-0.39, 0.29) is 35.4 Å². The Morgan fingerprint density at radius 1 is 1.28 bits per heavy atom. The molecule has 2 N–H and O–H groups in total. The van der Waals surface area contributed by atoms with Crippen molar-refractivity contribution in [1.29, 1.82) is 0 Å². The molecule has 1 unspecified atom stereocenters. The fourth-order valence-electron chi connectivity index (χ4n) is 3.48. The number of aliphatic imine (C=N–C) groups is 1. The van der Waals surface area contributed by atoms with Crippen molar-refractivity contribution in [3.63, 3.8) is 0 Å². The summed E-state index contributed by atoms with van der Waals surface area (Å²) in [6.07, 6.45) is -3.31. The Morgan fingerprint density at radius 3 is 2.52 bits per heavy atom. The van der Waals surface area contributed by atoms with Crippen LogP contribution in [-0.4, -0.2) is 56.3 Å². The molecule has 2 fully saturated rings. The quantitative estimate of drug-likeness (QED) is 0.339. The molecule has 164 valence electrons. The van der Waals surface area contributed by atoms with Crippen LogP contribution in [0.4, 0.5) is 13.2 Å². The van der Waals surface area contributed by atoms with Crippen LogP contribution >= 0.6 is 24.0 Å². The molecule has 5 nitrogen and oxygen atoms in total. The van der Waals surface area contributed by atoms with Gasteiger partial charge in [0, 0.05) is 37.6 Å². The maximum Gasteiger partial charge on any atom is 0.416 e. The molecular formula is C20H30F3IN4O. The molecule has 2 aliphatic heterocycles. The molecule has 2 heterocycles. The molecule has 2 saturated heterocycles. The second-order valence-electron chi connectivity index (χ2n) is 8.06. The van der Waals surface area contributed by atoms with Gasteiger partial charge >= 0.3 is 6.18 Å². The van der Waals surface area contributed by atoms with E-state index in [9.17, 15) is 13.2 Å². The molecule has 1 atom stereocenters. The first-order chi connectivity index (χ1) is 13.3. The van der Waals surface area contributed by atoms with Crippen LogP contribution in [0.5, 0.6) is 0 Å². The molecule has 9 heteroatoms. The van der Waals surface area contributed by atoms with Gasteiger partial charge in [-0.15, -0.1) is 24.0 Å². The summed E-state index contributed by atoms with van der Waals surface area (Å²) in [5.41, 5.74) is 0.425.